The maximum atomic E-state index is 12.2. The molecule has 0 saturated carbocycles. The Hall–Kier alpha value is -0.560. The molecule has 1 atom stereocenters. The Morgan fingerprint density at radius 2 is 2.32 bits per heavy atom. The minimum atomic E-state index is -3.38. The van der Waals surface area contributed by atoms with Gasteiger partial charge in [0, 0.05) is 11.4 Å². The average Bonchev–Trinajstić information content (AvgIpc) is 2.46. The third-order valence-corrected chi connectivity index (χ3v) is 5.46. The highest BCUT2D eigenvalue weighted by Crippen LogP contribution is 2.19. The highest BCUT2D eigenvalue weighted by atomic mass is 32.2. The van der Waals surface area contributed by atoms with Crippen molar-refractivity contribution in [2.24, 2.45) is 5.92 Å². The predicted octanol–water partition coefficient (Wildman–Crippen LogP) is 1.69. The van der Waals surface area contributed by atoms with Crippen molar-refractivity contribution in [2.45, 2.75) is 22.6 Å². The fraction of sp³-hybridized carbons (Fsp3) is 0.538. The van der Waals surface area contributed by atoms with Gasteiger partial charge in [-0.05, 0) is 56.3 Å². The Labute approximate surface area is 119 Å². The van der Waals surface area contributed by atoms with E-state index in [-0.39, 0.29) is 0 Å². The summed E-state index contributed by atoms with van der Waals surface area (Å²) in [6.45, 7) is 2.45. The van der Waals surface area contributed by atoms with Crippen molar-refractivity contribution in [3.63, 3.8) is 0 Å². The van der Waals surface area contributed by atoms with Gasteiger partial charge in [0.05, 0.1) is 4.90 Å². The minimum absolute atomic E-state index is 0.350. The second-order valence-corrected chi connectivity index (χ2v) is 7.39. The molecule has 0 aliphatic carbocycles. The third kappa shape index (κ3) is 4.21. The van der Waals surface area contributed by atoms with Crippen molar-refractivity contribution >= 4 is 21.8 Å². The fourth-order valence-corrected chi connectivity index (χ4v) is 3.87. The van der Waals surface area contributed by atoms with Gasteiger partial charge in [0.2, 0.25) is 10.0 Å². The number of benzene rings is 1. The molecule has 0 bridgehead atoms. The van der Waals surface area contributed by atoms with Crippen molar-refractivity contribution in [1.82, 2.24) is 10.0 Å². The van der Waals surface area contributed by atoms with E-state index in [1.54, 1.807) is 30.0 Å². The Bertz CT molecular complexity index is 511. The molecule has 0 radical (unpaired) electrons. The summed E-state index contributed by atoms with van der Waals surface area (Å²) < 4.78 is 27.1. The normalized spacial score (nSPS) is 20.4. The molecule has 1 saturated heterocycles. The lowest BCUT2D eigenvalue weighted by atomic mass is 10.0. The molecule has 0 spiro atoms. The second-order valence-electron chi connectivity index (χ2n) is 4.74. The van der Waals surface area contributed by atoms with Gasteiger partial charge in [0.1, 0.15) is 0 Å². The first-order valence-corrected chi connectivity index (χ1v) is 9.17. The van der Waals surface area contributed by atoms with Gasteiger partial charge >= 0.3 is 0 Å². The molecule has 1 heterocycles. The van der Waals surface area contributed by atoms with Crippen molar-refractivity contribution in [2.75, 3.05) is 25.9 Å². The second kappa shape index (κ2) is 6.74. The summed E-state index contributed by atoms with van der Waals surface area (Å²) in [6.07, 6.45) is 4.14. The molecule has 19 heavy (non-hydrogen) atoms. The third-order valence-electron chi connectivity index (χ3n) is 3.31. The molecule has 1 unspecified atom stereocenters. The van der Waals surface area contributed by atoms with E-state index in [1.165, 1.54) is 0 Å². The number of hydrogen-bond acceptors (Lipinski definition) is 4. The summed E-state index contributed by atoms with van der Waals surface area (Å²) >= 11 is 1.54. The Morgan fingerprint density at radius 1 is 1.47 bits per heavy atom. The summed E-state index contributed by atoms with van der Waals surface area (Å²) in [4.78, 5) is 1.31. The fourth-order valence-electron chi connectivity index (χ4n) is 2.18. The van der Waals surface area contributed by atoms with E-state index in [4.69, 9.17) is 0 Å². The Balaban J connectivity index is 2.00. The minimum Gasteiger partial charge on any atom is -0.316 e. The lowest BCUT2D eigenvalue weighted by molar-refractivity contribution is 0.376. The monoisotopic (exact) mass is 300 g/mol. The zero-order valence-corrected chi connectivity index (χ0v) is 12.7. The van der Waals surface area contributed by atoms with Crippen LogP contribution in [0.25, 0.3) is 0 Å². The average molecular weight is 300 g/mol. The molecule has 1 aliphatic heterocycles. The van der Waals surface area contributed by atoms with E-state index in [0.717, 1.165) is 30.8 Å². The van der Waals surface area contributed by atoms with Crippen LogP contribution < -0.4 is 10.0 Å². The number of hydrogen-bond donors (Lipinski definition) is 2. The largest absolute Gasteiger partial charge is 0.316 e. The lowest BCUT2D eigenvalue weighted by Gasteiger charge is -2.22. The van der Waals surface area contributed by atoms with Gasteiger partial charge in [0.15, 0.2) is 0 Å². The first-order chi connectivity index (χ1) is 9.12. The van der Waals surface area contributed by atoms with Gasteiger partial charge in [-0.2, -0.15) is 0 Å². The van der Waals surface area contributed by atoms with Gasteiger partial charge in [-0.1, -0.05) is 6.07 Å². The highest BCUT2D eigenvalue weighted by Gasteiger charge is 2.18. The quantitative estimate of drug-likeness (QED) is 0.813. The maximum Gasteiger partial charge on any atom is 0.240 e. The number of thioether (sulfide) groups is 1. The first-order valence-electron chi connectivity index (χ1n) is 6.46. The summed E-state index contributed by atoms with van der Waals surface area (Å²) in [6, 6.07) is 7.05. The molecule has 1 aromatic carbocycles. The number of nitrogens with one attached hydrogen (secondary N) is 2. The van der Waals surface area contributed by atoms with E-state index in [9.17, 15) is 8.42 Å². The molecule has 1 fully saturated rings. The van der Waals surface area contributed by atoms with E-state index >= 15 is 0 Å². The highest BCUT2D eigenvalue weighted by molar-refractivity contribution is 7.98. The number of piperidine rings is 1. The summed E-state index contributed by atoms with van der Waals surface area (Å²) in [5.41, 5.74) is 0. The molecule has 2 N–H and O–H groups in total. The van der Waals surface area contributed by atoms with E-state index < -0.39 is 10.0 Å². The molecule has 4 nitrogen and oxygen atoms in total. The smallest absolute Gasteiger partial charge is 0.240 e. The summed E-state index contributed by atoms with van der Waals surface area (Å²) in [5.74, 6) is 0.396. The zero-order chi connectivity index (χ0) is 13.7. The predicted molar refractivity (Wildman–Crippen MR) is 79.0 cm³/mol. The van der Waals surface area contributed by atoms with Crippen LogP contribution in [0.1, 0.15) is 12.8 Å². The van der Waals surface area contributed by atoms with Crippen LogP contribution >= 0.6 is 11.8 Å². The topological polar surface area (TPSA) is 58.2 Å². The summed E-state index contributed by atoms with van der Waals surface area (Å²) in [7, 11) is -3.38. The first kappa shape index (κ1) is 14.8. The molecule has 1 aromatic rings. The van der Waals surface area contributed by atoms with E-state index in [1.807, 2.05) is 12.3 Å². The molecule has 2 rings (SSSR count). The van der Waals surface area contributed by atoms with Crippen molar-refractivity contribution in [1.29, 1.82) is 0 Å². The van der Waals surface area contributed by atoms with Crippen LogP contribution in [0.4, 0.5) is 0 Å². The lowest BCUT2D eigenvalue weighted by Crippen LogP contribution is -2.38. The molecular weight excluding hydrogens is 280 g/mol. The van der Waals surface area contributed by atoms with Crippen LogP contribution in [0.3, 0.4) is 0 Å². The van der Waals surface area contributed by atoms with Crippen LogP contribution in [0.2, 0.25) is 0 Å². The number of sulfonamides is 1. The molecule has 6 heteroatoms. The molecule has 1 aliphatic rings. The van der Waals surface area contributed by atoms with Crippen LogP contribution in [0, 0.1) is 5.92 Å². The van der Waals surface area contributed by atoms with Crippen molar-refractivity contribution < 1.29 is 8.42 Å². The SMILES string of the molecule is CSc1cccc(S(=O)(=O)NCC2CCCNC2)c1. The van der Waals surface area contributed by atoms with Crippen LogP contribution in [-0.2, 0) is 10.0 Å². The van der Waals surface area contributed by atoms with Crippen LogP contribution in [0.5, 0.6) is 0 Å². The van der Waals surface area contributed by atoms with Crippen molar-refractivity contribution in [3.05, 3.63) is 24.3 Å². The van der Waals surface area contributed by atoms with E-state index in [2.05, 4.69) is 10.0 Å². The molecule has 0 aromatic heterocycles. The van der Waals surface area contributed by atoms with Gasteiger partial charge in [-0.25, -0.2) is 13.1 Å². The summed E-state index contributed by atoms with van der Waals surface area (Å²) in [5, 5.41) is 3.29. The molecule has 106 valence electrons. The standard InChI is InChI=1S/C13H20N2O2S2/c1-18-12-5-2-6-13(8-12)19(16,17)15-10-11-4-3-7-14-9-11/h2,5-6,8,11,14-15H,3-4,7,9-10H2,1H3. The maximum absolute atomic E-state index is 12.2. The van der Waals surface area contributed by atoms with Gasteiger partial charge in [-0.15, -0.1) is 11.8 Å². The Morgan fingerprint density at radius 3 is 3.00 bits per heavy atom. The van der Waals surface area contributed by atoms with Crippen molar-refractivity contribution in [3.8, 4) is 0 Å². The van der Waals surface area contributed by atoms with Gasteiger partial charge < -0.3 is 5.32 Å². The van der Waals surface area contributed by atoms with E-state index in [0.29, 0.717) is 17.4 Å². The number of rotatable bonds is 5. The van der Waals surface area contributed by atoms with Gasteiger partial charge in [0.25, 0.3) is 0 Å². The molecular formula is C13H20N2O2S2. The van der Waals surface area contributed by atoms with Gasteiger partial charge in [-0.3, -0.25) is 0 Å². The van der Waals surface area contributed by atoms with Crippen LogP contribution in [-0.4, -0.2) is 34.3 Å². The Kier molecular flexibility index (Phi) is 5.27. The molecule has 0 amide bonds. The van der Waals surface area contributed by atoms with Crippen LogP contribution in [0.15, 0.2) is 34.1 Å². The zero-order valence-electron chi connectivity index (χ0n) is 11.1.